The van der Waals surface area contributed by atoms with E-state index in [0.717, 1.165) is 18.0 Å². The molecule has 2 aromatic heterocycles. The minimum Gasteiger partial charge on any atom is -0.492 e. The Bertz CT molecular complexity index is 938. The van der Waals surface area contributed by atoms with Gasteiger partial charge in [0.05, 0.1) is 5.69 Å². The average molecular weight is 414 g/mol. The predicted octanol–water partition coefficient (Wildman–Crippen LogP) is 3.51. The van der Waals surface area contributed by atoms with Crippen LogP contribution < -0.4 is 15.8 Å². The number of hydrogen-bond acceptors (Lipinski definition) is 7. The molecule has 4 rings (SSSR count). The second-order valence-electron chi connectivity index (χ2n) is 6.94. The van der Waals surface area contributed by atoms with Gasteiger partial charge in [0, 0.05) is 24.5 Å². The molecule has 152 valence electrons. The number of anilines is 3. The Kier molecular flexibility index (Phi) is 6.12. The number of pyridine rings is 1. The SMILES string of the molecule is Nc1nc(Nc2ccc(OCCN3CCCCC3)cc2)nn1-c1ccnc(Cl)c1. The van der Waals surface area contributed by atoms with Crippen LogP contribution >= 0.6 is 11.6 Å². The molecule has 0 amide bonds. The van der Waals surface area contributed by atoms with Crippen molar-refractivity contribution in [1.29, 1.82) is 0 Å². The number of nitrogens with zero attached hydrogens (tertiary/aromatic N) is 5. The van der Waals surface area contributed by atoms with Crippen molar-refractivity contribution < 1.29 is 4.74 Å². The zero-order valence-corrected chi connectivity index (χ0v) is 16.8. The molecule has 1 aromatic carbocycles. The van der Waals surface area contributed by atoms with Gasteiger partial charge in [0.2, 0.25) is 11.9 Å². The average Bonchev–Trinajstić information content (AvgIpc) is 3.10. The highest BCUT2D eigenvalue weighted by atomic mass is 35.5. The van der Waals surface area contributed by atoms with E-state index < -0.39 is 0 Å². The van der Waals surface area contributed by atoms with E-state index in [4.69, 9.17) is 22.1 Å². The van der Waals surface area contributed by atoms with E-state index in [9.17, 15) is 0 Å². The molecule has 9 heteroatoms. The highest BCUT2D eigenvalue weighted by Crippen LogP contribution is 2.21. The normalized spacial score (nSPS) is 14.7. The fourth-order valence-corrected chi connectivity index (χ4v) is 3.50. The molecule has 3 aromatic rings. The maximum Gasteiger partial charge on any atom is 0.248 e. The number of halogens is 1. The van der Waals surface area contributed by atoms with Crippen molar-refractivity contribution in [1.82, 2.24) is 24.6 Å². The smallest absolute Gasteiger partial charge is 0.248 e. The molecule has 0 radical (unpaired) electrons. The molecule has 0 saturated carbocycles. The summed E-state index contributed by atoms with van der Waals surface area (Å²) in [6.07, 6.45) is 5.53. The van der Waals surface area contributed by atoms with E-state index in [2.05, 4.69) is 25.3 Å². The molecular formula is C20H24ClN7O. The molecule has 0 atom stereocenters. The van der Waals surface area contributed by atoms with E-state index in [1.807, 2.05) is 24.3 Å². The molecule has 3 heterocycles. The summed E-state index contributed by atoms with van der Waals surface area (Å²) in [6.45, 7) is 4.03. The van der Waals surface area contributed by atoms with E-state index >= 15 is 0 Å². The van der Waals surface area contributed by atoms with Crippen LogP contribution in [0.3, 0.4) is 0 Å². The lowest BCUT2D eigenvalue weighted by atomic mass is 10.1. The first-order valence-electron chi connectivity index (χ1n) is 9.74. The zero-order chi connectivity index (χ0) is 20.1. The second kappa shape index (κ2) is 9.11. The Morgan fingerprint density at radius 2 is 1.90 bits per heavy atom. The first-order chi connectivity index (χ1) is 14.2. The van der Waals surface area contributed by atoms with Crippen molar-refractivity contribution in [2.75, 3.05) is 37.3 Å². The molecule has 1 saturated heterocycles. The van der Waals surface area contributed by atoms with Gasteiger partial charge in [-0.3, -0.25) is 4.90 Å². The first-order valence-corrected chi connectivity index (χ1v) is 10.1. The number of nitrogens with two attached hydrogens (primary N) is 1. The maximum atomic E-state index is 5.98. The van der Waals surface area contributed by atoms with Crippen molar-refractivity contribution in [3.8, 4) is 11.4 Å². The van der Waals surface area contributed by atoms with Gasteiger partial charge in [-0.2, -0.15) is 9.67 Å². The Labute approximate surface area is 174 Å². The van der Waals surface area contributed by atoms with E-state index in [1.54, 1.807) is 18.3 Å². The quantitative estimate of drug-likeness (QED) is 0.572. The van der Waals surface area contributed by atoms with Crippen LogP contribution in [0.25, 0.3) is 5.69 Å². The summed E-state index contributed by atoms with van der Waals surface area (Å²) in [6, 6.07) is 11.2. The second-order valence-corrected chi connectivity index (χ2v) is 7.33. The molecule has 1 fully saturated rings. The number of nitrogen functional groups attached to an aromatic ring is 1. The van der Waals surface area contributed by atoms with Gasteiger partial charge in [0.15, 0.2) is 0 Å². The largest absolute Gasteiger partial charge is 0.492 e. The minimum absolute atomic E-state index is 0.257. The number of aromatic nitrogens is 4. The van der Waals surface area contributed by atoms with Gasteiger partial charge < -0.3 is 15.8 Å². The van der Waals surface area contributed by atoms with Gasteiger partial charge in [-0.1, -0.05) is 18.0 Å². The summed E-state index contributed by atoms with van der Waals surface area (Å²) in [5.74, 6) is 1.50. The number of rotatable bonds is 7. The summed E-state index contributed by atoms with van der Waals surface area (Å²) < 4.78 is 7.37. The summed E-state index contributed by atoms with van der Waals surface area (Å²) in [5.41, 5.74) is 7.52. The van der Waals surface area contributed by atoms with Crippen LogP contribution in [-0.4, -0.2) is 50.9 Å². The number of likely N-dealkylation sites (tertiary alicyclic amines) is 1. The third-order valence-corrected chi connectivity index (χ3v) is 5.03. The zero-order valence-electron chi connectivity index (χ0n) is 16.1. The van der Waals surface area contributed by atoms with Crippen molar-refractivity contribution in [3.63, 3.8) is 0 Å². The topological polar surface area (TPSA) is 94.1 Å². The lowest BCUT2D eigenvalue weighted by Crippen LogP contribution is -2.33. The summed E-state index contributed by atoms with van der Waals surface area (Å²) in [4.78, 5) is 10.7. The van der Waals surface area contributed by atoms with Crippen LogP contribution in [-0.2, 0) is 0 Å². The molecule has 0 unspecified atom stereocenters. The highest BCUT2D eigenvalue weighted by Gasteiger charge is 2.11. The van der Waals surface area contributed by atoms with Crippen LogP contribution in [0.5, 0.6) is 5.75 Å². The van der Waals surface area contributed by atoms with E-state index in [0.29, 0.717) is 23.4 Å². The Hall–Kier alpha value is -2.84. The summed E-state index contributed by atoms with van der Waals surface area (Å²) in [7, 11) is 0. The Morgan fingerprint density at radius 3 is 2.66 bits per heavy atom. The molecule has 3 N–H and O–H groups in total. The first kappa shape index (κ1) is 19.5. The van der Waals surface area contributed by atoms with Crippen LogP contribution in [0.4, 0.5) is 17.6 Å². The molecule has 0 aliphatic carbocycles. The molecule has 8 nitrogen and oxygen atoms in total. The number of nitrogens with one attached hydrogen (secondary N) is 1. The third kappa shape index (κ3) is 5.16. The van der Waals surface area contributed by atoms with Gasteiger partial charge in [-0.05, 0) is 56.3 Å². The van der Waals surface area contributed by atoms with Crippen LogP contribution in [0.2, 0.25) is 5.15 Å². The molecule has 1 aliphatic rings. The molecule has 29 heavy (non-hydrogen) atoms. The molecule has 1 aliphatic heterocycles. The Balaban J connectivity index is 1.33. The lowest BCUT2D eigenvalue weighted by Gasteiger charge is -2.26. The Morgan fingerprint density at radius 1 is 1.10 bits per heavy atom. The van der Waals surface area contributed by atoms with Gasteiger partial charge >= 0.3 is 0 Å². The van der Waals surface area contributed by atoms with Crippen molar-refractivity contribution in [3.05, 3.63) is 47.7 Å². The summed E-state index contributed by atoms with van der Waals surface area (Å²) in [5, 5.41) is 7.90. The minimum atomic E-state index is 0.257. The number of ether oxygens (including phenoxy) is 1. The van der Waals surface area contributed by atoms with Crippen LogP contribution in [0, 0.1) is 0 Å². The van der Waals surface area contributed by atoms with Crippen LogP contribution in [0.15, 0.2) is 42.6 Å². The monoisotopic (exact) mass is 413 g/mol. The molecule has 0 bridgehead atoms. The van der Waals surface area contributed by atoms with Crippen molar-refractivity contribution >= 4 is 29.2 Å². The van der Waals surface area contributed by atoms with Gasteiger partial charge in [0.1, 0.15) is 17.5 Å². The fraction of sp³-hybridized carbons (Fsp3) is 0.350. The molecule has 0 spiro atoms. The van der Waals surface area contributed by atoms with E-state index in [-0.39, 0.29) is 5.95 Å². The van der Waals surface area contributed by atoms with Crippen molar-refractivity contribution in [2.24, 2.45) is 0 Å². The van der Waals surface area contributed by atoms with Gasteiger partial charge in [0.25, 0.3) is 0 Å². The predicted molar refractivity (Wildman–Crippen MR) is 114 cm³/mol. The highest BCUT2D eigenvalue weighted by molar-refractivity contribution is 6.29. The fourth-order valence-electron chi connectivity index (χ4n) is 3.33. The van der Waals surface area contributed by atoms with Crippen LogP contribution in [0.1, 0.15) is 19.3 Å². The third-order valence-electron chi connectivity index (χ3n) is 4.82. The number of benzene rings is 1. The lowest BCUT2D eigenvalue weighted by molar-refractivity contribution is 0.183. The van der Waals surface area contributed by atoms with Crippen molar-refractivity contribution in [2.45, 2.75) is 19.3 Å². The summed E-state index contributed by atoms with van der Waals surface area (Å²) >= 11 is 5.94. The number of hydrogen-bond donors (Lipinski definition) is 2. The van der Waals surface area contributed by atoms with Gasteiger partial charge in [-0.25, -0.2) is 4.98 Å². The standard InChI is InChI=1S/C20H24ClN7O/c21-18-14-16(8-9-23-18)28-19(22)25-20(26-28)24-15-4-6-17(7-5-15)29-13-12-27-10-2-1-3-11-27/h4-9,14H,1-3,10-13H2,(H3,22,24,25,26). The van der Waals surface area contributed by atoms with E-state index in [1.165, 1.54) is 37.0 Å². The number of piperidine rings is 1. The molecular weight excluding hydrogens is 390 g/mol. The van der Waals surface area contributed by atoms with Gasteiger partial charge in [-0.15, -0.1) is 5.10 Å². The maximum absolute atomic E-state index is 5.98.